The van der Waals surface area contributed by atoms with Crippen LogP contribution in [-0.4, -0.2) is 31.1 Å². The zero-order valence-electron chi connectivity index (χ0n) is 7.75. The summed E-state index contributed by atoms with van der Waals surface area (Å²) >= 11 is 0. The first-order chi connectivity index (χ1) is 6.07. The molecule has 0 aromatic heterocycles. The molecule has 0 rings (SSSR count). The van der Waals surface area contributed by atoms with Crippen molar-refractivity contribution in [3.8, 4) is 0 Å². The Morgan fingerprint density at radius 2 is 2.23 bits per heavy atom. The number of carbonyl (C=O) groups excluding carboxylic acids is 2. The molecule has 74 valence electrons. The Kier molecular flexibility index (Phi) is 5.50. The Morgan fingerprint density at radius 3 is 2.62 bits per heavy atom. The van der Waals surface area contributed by atoms with Gasteiger partial charge in [-0.3, -0.25) is 9.79 Å². The number of hydrogen-bond acceptors (Lipinski definition) is 3. The van der Waals surface area contributed by atoms with Gasteiger partial charge >= 0.3 is 6.03 Å². The molecule has 2 amide bonds. The van der Waals surface area contributed by atoms with Crippen molar-refractivity contribution in [1.82, 2.24) is 5.32 Å². The fraction of sp³-hybridized carbons (Fsp3) is 0.625. The van der Waals surface area contributed by atoms with Gasteiger partial charge in [0, 0.05) is 6.54 Å². The molecule has 0 saturated carbocycles. The summed E-state index contributed by atoms with van der Waals surface area (Å²) in [6.45, 7) is 5.25. The van der Waals surface area contributed by atoms with E-state index in [2.05, 4.69) is 17.0 Å². The first-order valence-corrected chi connectivity index (χ1v) is 4.07. The highest BCUT2D eigenvalue weighted by Gasteiger charge is 2.09. The number of Topliss-reactive ketones (excluding diaryl/α,β-unsaturated/α-hetero) is 1. The fourth-order valence-corrected chi connectivity index (χ4v) is 0.930. The lowest BCUT2D eigenvalue weighted by Crippen LogP contribution is -2.30. The third-order valence-electron chi connectivity index (χ3n) is 1.64. The van der Waals surface area contributed by atoms with E-state index in [1.165, 1.54) is 6.92 Å². The van der Waals surface area contributed by atoms with Gasteiger partial charge < -0.3 is 11.1 Å². The number of carbonyl (C=O) groups is 2. The second-order valence-electron chi connectivity index (χ2n) is 2.74. The summed E-state index contributed by atoms with van der Waals surface area (Å²) in [5, 5.41) is 2.43. The van der Waals surface area contributed by atoms with Crippen LogP contribution in [0.25, 0.3) is 0 Å². The second kappa shape index (κ2) is 6.16. The smallest absolute Gasteiger partial charge is 0.312 e. The average molecular weight is 185 g/mol. The SMILES string of the molecule is C=N[C@@H](CCCNC(N)=O)C(C)=O. The zero-order chi connectivity index (χ0) is 10.3. The van der Waals surface area contributed by atoms with Crippen LogP contribution in [0.15, 0.2) is 4.99 Å². The fourth-order valence-electron chi connectivity index (χ4n) is 0.930. The number of aliphatic imine (C=N–C) groups is 1. The minimum absolute atomic E-state index is 0.00549. The van der Waals surface area contributed by atoms with Crippen LogP contribution in [0.3, 0.4) is 0 Å². The number of rotatable bonds is 6. The normalized spacial score (nSPS) is 11.8. The van der Waals surface area contributed by atoms with Crippen LogP contribution in [0.5, 0.6) is 0 Å². The molecule has 0 heterocycles. The van der Waals surface area contributed by atoms with E-state index in [0.29, 0.717) is 19.4 Å². The maximum Gasteiger partial charge on any atom is 0.312 e. The predicted octanol–water partition coefficient (Wildman–Crippen LogP) is 0.0931. The van der Waals surface area contributed by atoms with Gasteiger partial charge in [-0.1, -0.05) is 0 Å². The lowest BCUT2D eigenvalue weighted by Gasteiger charge is -2.07. The zero-order valence-corrected chi connectivity index (χ0v) is 7.75. The Labute approximate surface area is 77.4 Å². The topological polar surface area (TPSA) is 84.5 Å². The molecule has 0 aliphatic carbocycles. The van der Waals surface area contributed by atoms with Crippen molar-refractivity contribution in [2.45, 2.75) is 25.8 Å². The highest BCUT2D eigenvalue weighted by Crippen LogP contribution is 2.01. The maximum atomic E-state index is 10.9. The first kappa shape index (κ1) is 11.6. The molecule has 0 aromatic rings. The molecule has 0 aliphatic heterocycles. The summed E-state index contributed by atoms with van der Waals surface area (Å²) in [6, 6.07) is -0.902. The van der Waals surface area contributed by atoms with E-state index < -0.39 is 6.03 Å². The second-order valence-corrected chi connectivity index (χ2v) is 2.74. The van der Waals surface area contributed by atoms with E-state index in [1.807, 2.05) is 0 Å². The summed E-state index contributed by atoms with van der Waals surface area (Å²) in [5.74, 6) is -0.00549. The van der Waals surface area contributed by atoms with Crippen LogP contribution < -0.4 is 11.1 Å². The highest BCUT2D eigenvalue weighted by atomic mass is 16.2. The number of ketones is 1. The molecule has 0 radical (unpaired) electrons. The molecule has 0 aliphatic rings. The van der Waals surface area contributed by atoms with Crippen LogP contribution in [-0.2, 0) is 4.79 Å². The molecule has 0 saturated heterocycles. The molecule has 0 spiro atoms. The van der Waals surface area contributed by atoms with Gasteiger partial charge in [-0.15, -0.1) is 0 Å². The highest BCUT2D eigenvalue weighted by molar-refractivity contribution is 5.82. The van der Waals surface area contributed by atoms with Crippen molar-refractivity contribution in [3.63, 3.8) is 0 Å². The third-order valence-corrected chi connectivity index (χ3v) is 1.64. The minimum atomic E-state index is -0.550. The molecular weight excluding hydrogens is 170 g/mol. The quantitative estimate of drug-likeness (QED) is 0.454. The minimum Gasteiger partial charge on any atom is -0.352 e. The van der Waals surface area contributed by atoms with Gasteiger partial charge in [0.05, 0.1) is 0 Å². The van der Waals surface area contributed by atoms with Gasteiger partial charge in [-0.05, 0) is 26.5 Å². The number of nitrogens with zero attached hydrogens (tertiary/aromatic N) is 1. The van der Waals surface area contributed by atoms with E-state index >= 15 is 0 Å². The lowest BCUT2D eigenvalue weighted by atomic mass is 10.1. The Bertz CT molecular complexity index is 204. The number of nitrogens with one attached hydrogen (secondary N) is 1. The van der Waals surface area contributed by atoms with Gasteiger partial charge in [-0.25, -0.2) is 4.79 Å². The molecule has 0 unspecified atom stereocenters. The van der Waals surface area contributed by atoms with Crippen LogP contribution in [0, 0.1) is 0 Å². The summed E-state index contributed by atoms with van der Waals surface area (Å²) in [5.41, 5.74) is 4.85. The summed E-state index contributed by atoms with van der Waals surface area (Å²) in [4.78, 5) is 24.8. The van der Waals surface area contributed by atoms with Crippen LogP contribution in [0.1, 0.15) is 19.8 Å². The Morgan fingerprint density at radius 1 is 1.62 bits per heavy atom. The van der Waals surface area contributed by atoms with Crippen LogP contribution in [0.2, 0.25) is 0 Å². The monoisotopic (exact) mass is 185 g/mol. The molecule has 5 nitrogen and oxygen atoms in total. The molecule has 13 heavy (non-hydrogen) atoms. The van der Waals surface area contributed by atoms with Gasteiger partial charge in [0.25, 0.3) is 0 Å². The largest absolute Gasteiger partial charge is 0.352 e. The van der Waals surface area contributed by atoms with E-state index in [-0.39, 0.29) is 11.8 Å². The average Bonchev–Trinajstić information content (AvgIpc) is 2.03. The number of urea groups is 1. The van der Waals surface area contributed by atoms with Crippen LogP contribution >= 0.6 is 0 Å². The van der Waals surface area contributed by atoms with Gasteiger partial charge in [0.1, 0.15) is 6.04 Å². The van der Waals surface area contributed by atoms with E-state index in [1.54, 1.807) is 0 Å². The van der Waals surface area contributed by atoms with Crippen molar-refractivity contribution in [3.05, 3.63) is 0 Å². The maximum absolute atomic E-state index is 10.9. The van der Waals surface area contributed by atoms with Gasteiger partial charge in [0.15, 0.2) is 5.78 Å². The molecule has 3 N–H and O–H groups in total. The van der Waals surface area contributed by atoms with E-state index in [9.17, 15) is 9.59 Å². The molecule has 5 heteroatoms. The number of hydrogen-bond donors (Lipinski definition) is 2. The number of nitrogens with two attached hydrogens (primary N) is 1. The van der Waals surface area contributed by atoms with Crippen molar-refractivity contribution < 1.29 is 9.59 Å². The van der Waals surface area contributed by atoms with Gasteiger partial charge in [-0.2, -0.15) is 0 Å². The Balaban J connectivity index is 3.55. The number of primary amides is 1. The summed E-state index contributed by atoms with van der Waals surface area (Å²) < 4.78 is 0. The molecule has 0 aromatic carbocycles. The van der Waals surface area contributed by atoms with Crippen molar-refractivity contribution in [2.75, 3.05) is 6.54 Å². The molecular formula is C8H15N3O2. The first-order valence-electron chi connectivity index (χ1n) is 4.07. The molecule has 1 atom stereocenters. The predicted molar refractivity (Wildman–Crippen MR) is 50.8 cm³/mol. The lowest BCUT2D eigenvalue weighted by molar-refractivity contribution is -0.118. The number of amides is 2. The third kappa shape index (κ3) is 5.84. The summed E-state index contributed by atoms with van der Waals surface area (Å²) in [7, 11) is 0. The van der Waals surface area contributed by atoms with Crippen molar-refractivity contribution in [1.29, 1.82) is 0 Å². The Hall–Kier alpha value is -1.39. The standard InChI is InChI=1S/C8H15N3O2/c1-6(12)7(10-2)4-3-5-11-8(9)13/h7H,2-5H2,1H3,(H3,9,11,13)/t7-/m0/s1. The van der Waals surface area contributed by atoms with E-state index in [4.69, 9.17) is 5.73 Å². The summed E-state index contributed by atoms with van der Waals surface area (Å²) in [6.07, 6.45) is 1.27. The van der Waals surface area contributed by atoms with Crippen molar-refractivity contribution >= 4 is 18.5 Å². The molecule has 0 fully saturated rings. The van der Waals surface area contributed by atoms with Gasteiger partial charge in [0.2, 0.25) is 0 Å². The van der Waals surface area contributed by atoms with Crippen LogP contribution in [0.4, 0.5) is 4.79 Å². The van der Waals surface area contributed by atoms with Crippen molar-refractivity contribution in [2.24, 2.45) is 10.7 Å². The molecule has 0 bridgehead atoms. The van der Waals surface area contributed by atoms with E-state index in [0.717, 1.165) is 0 Å².